The summed E-state index contributed by atoms with van der Waals surface area (Å²) >= 11 is 0. The monoisotopic (exact) mass is 286 g/mol. The van der Waals surface area contributed by atoms with E-state index in [0.29, 0.717) is 6.04 Å². The summed E-state index contributed by atoms with van der Waals surface area (Å²) in [6.45, 7) is 7.49. The van der Waals surface area contributed by atoms with E-state index in [1.54, 1.807) is 0 Å². The molecule has 0 aromatic carbocycles. The molecule has 2 aromatic heterocycles. The third-order valence-corrected chi connectivity index (χ3v) is 3.88. The molecule has 0 amide bonds. The predicted molar refractivity (Wildman–Crippen MR) is 86.3 cm³/mol. The van der Waals surface area contributed by atoms with Crippen molar-refractivity contribution in [2.75, 3.05) is 6.54 Å². The molecule has 4 nitrogen and oxygen atoms in total. The minimum atomic E-state index is 0.313. The lowest BCUT2D eigenvalue weighted by Gasteiger charge is -2.20. The number of nitrogens with zero attached hydrogens (tertiary/aromatic N) is 3. The Morgan fingerprint density at radius 2 is 2.14 bits per heavy atom. The SMILES string of the molecule is CCCNC(Cc1cc(CC)nn1C)c1ccncc1C. The molecule has 0 bridgehead atoms. The van der Waals surface area contributed by atoms with E-state index in [1.165, 1.54) is 16.8 Å². The van der Waals surface area contributed by atoms with Crippen molar-refractivity contribution in [2.45, 2.75) is 46.1 Å². The average molecular weight is 286 g/mol. The molecule has 4 heteroatoms. The summed E-state index contributed by atoms with van der Waals surface area (Å²) in [5, 5.41) is 8.22. The van der Waals surface area contributed by atoms with Crippen LogP contribution in [0.4, 0.5) is 0 Å². The van der Waals surface area contributed by atoms with Gasteiger partial charge in [-0.1, -0.05) is 13.8 Å². The Morgan fingerprint density at radius 1 is 1.33 bits per heavy atom. The Balaban J connectivity index is 2.24. The fraction of sp³-hybridized carbons (Fsp3) is 0.529. The van der Waals surface area contributed by atoms with E-state index in [1.807, 2.05) is 24.1 Å². The van der Waals surface area contributed by atoms with Gasteiger partial charge in [0.15, 0.2) is 0 Å². The van der Waals surface area contributed by atoms with Crippen molar-refractivity contribution in [2.24, 2.45) is 7.05 Å². The van der Waals surface area contributed by atoms with Crippen molar-refractivity contribution in [1.29, 1.82) is 0 Å². The van der Waals surface area contributed by atoms with Gasteiger partial charge in [0.2, 0.25) is 0 Å². The summed E-state index contributed by atoms with van der Waals surface area (Å²) in [6, 6.07) is 4.66. The topological polar surface area (TPSA) is 42.7 Å². The molecule has 0 aliphatic carbocycles. The molecule has 2 aromatic rings. The van der Waals surface area contributed by atoms with Crippen LogP contribution >= 0.6 is 0 Å². The van der Waals surface area contributed by atoms with Gasteiger partial charge in [-0.05, 0) is 49.6 Å². The van der Waals surface area contributed by atoms with E-state index < -0.39 is 0 Å². The maximum absolute atomic E-state index is 4.56. The molecule has 1 atom stereocenters. The van der Waals surface area contributed by atoms with Crippen molar-refractivity contribution < 1.29 is 0 Å². The predicted octanol–water partition coefficient (Wildman–Crippen LogP) is 2.97. The summed E-state index contributed by atoms with van der Waals surface area (Å²) in [6.07, 6.45) is 6.89. The lowest BCUT2D eigenvalue weighted by atomic mass is 9.98. The number of pyridine rings is 1. The van der Waals surface area contributed by atoms with Gasteiger partial charge in [0.25, 0.3) is 0 Å². The molecule has 1 unspecified atom stereocenters. The number of hydrogen-bond donors (Lipinski definition) is 1. The van der Waals surface area contributed by atoms with Gasteiger partial charge < -0.3 is 5.32 Å². The number of aryl methyl sites for hydroxylation is 3. The number of hydrogen-bond acceptors (Lipinski definition) is 3. The van der Waals surface area contributed by atoms with Gasteiger partial charge in [0.1, 0.15) is 0 Å². The van der Waals surface area contributed by atoms with Crippen LogP contribution in [0.5, 0.6) is 0 Å². The molecule has 0 saturated carbocycles. The Bertz CT molecular complexity index is 574. The third kappa shape index (κ3) is 3.91. The van der Waals surface area contributed by atoms with E-state index in [4.69, 9.17) is 0 Å². The molecule has 2 heterocycles. The number of aromatic nitrogens is 3. The van der Waals surface area contributed by atoms with Crippen molar-refractivity contribution in [3.05, 3.63) is 47.0 Å². The summed E-state index contributed by atoms with van der Waals surface area (Å²) in [7, 11) is 2.03. The zero-order chi connectivity index (χ0) is 15.2. The smallest absolute Gasteiger partial charge is 0.0624 e. The standard InChI is InChI=1S/C17H26N4/c1-5-8-19-17(16-7-9-18-12-13(16)3)11-15-10-14(6-2)20-21(15)4/h7,9-10,12,17,19H,5-6,8,11H2,1-4H3. The molecule has 0 aliphatic heterocycles. The van der Waals surface area contributed by atoms with Crippen molar-refractivity contribution in [1.82, 2.24) is 20.1 Å². The molecular weight excluding hydrogens is 260 g/mol. The van der Waals surface area contributed by atoms with Gasteiger partial charge in [-0.25, -0.2) is 0 Å². The maximum Gasteiger partial charge on any atom is 0.0624 e. The summed E-state index contributed by atoms with van der Waals surface area (Å²) in [4.78, 5) is 4.20. The second-order valence-electron chi connectivity index (χ2n) is 5.55. The van der Waals surface area contributed by atoms with Crippen LogP contribution in [-0.2, 0) is 19.9 Å². The second-order valence-corrected chi connectivity index (χ2v) is 5.55. The van der Waals surface area contributed by atoms with E-state index in [-0.39, 0.29) is 0 Å². The third-order valence-electron chi connectivity index (χ3n) is 3.88. The number of nitrogens with one attached hydrogen (secondary N) is 1. The Morgan fingerprint density at radius 3 is 2.76 bits per heavy atom. The van der Waals surface area contributed by atoms with Crippen LogP contribution in [0.2, 0.25) is 0 Å². The van der Waals surface area contributed by atoms with Crippen LogP contribution < -0.4 is 5.32 Å². The van der Waals surface area contributed by atoms with E-state index in [9.17, 15) is 0 Å². The molecule has 0 fully saturated rings. The lowest BCUT2D eigenvalue weighted by Crippen LogP contribution is -2.25. The summed E-state index contributed by atoms with van der Waals surface area (Å²) in [5.74, 6) is 0. The minimum Gasteiger partial charge on any atom is -0.310 e. The largest absolute Gasteiger partial charge is 0.310 e. The average Bonchev–Trinajstić information content (AvgIpc) is 2.84. The normalized spacial score (nSPS) is 12.6. The fourth-order valence-corrected chi connectivity index (χ4v) is 2.63. The highest BCUT2D eigenvalue weighted by molar-refractivity contribution is 5.27. The zero-order valence-electron chi connectivity index (χ0n) is 13.6. The van der Waals surface area contributed by atoms with Gasteiger partial charge in [-0.3, -0.25) is 9.67 Å². The van der Waals surface area contributed by atoms with E-state index >= 15 is 0 Å². The fourth-order valence-electron chi connectivity index (χ4n) is 2.63. The minimum absolute atomic E-state index is 0.313. The van der Waals surface area contributed by atoms with E-state index in [0.717, 1.165) is 31.5 Å². The lowest BCUT2D eigenvalue weighted by molar-refractivity contribution is 0.510. The zero-order valence-corrected chi connectivity index (χ0v) is 13.6. The maximum atomic E-state index is 4.56. The summed E-state index contributed by atoms with van der Waals surface area (Å²) in [5.41, 5.74) is 5.01. The first kappa shape index (κ1) is 15.7. The van der Waals surface area contributed by atoms with Crippen LogP contribution in [0.3, 0.4) is 0 Å². The van der Waals surface area contributed by atoms with Gasteiger partial charge >= 0.3 is 0 Å². The van der Waals surface area contributed by atoms with Gasteiger partial charge in [-0.2, -0.15) is 5.10 Å². The quantitative estimate of drug-likeness (QED) is 0.851. The van der Waals surface area contributed by atoms with E-state index in [2.05, 4.69) is 48.3 Å². The molecular formula is C17H26N4. The Labute approximate surface area is 127 Å². The highest BCUT2D eigenvalue weighted by Crippen LogP contribution is 2.21. The van der Waals surface area contributed by atoms with Crippen LogP contribution in [-0.4, -0.2) is 21.3 Å². The van der Waals surface area contributed by atoms with Crippen LogP contribution in [0, 0.1) is 6.92 Å². The summed E-state index contributed by atoms with van der Waals surface area (Å²) < 4.78 is 2.01. The molecule has 0 radical (unpaired) electrons. The van der Waals surface area contributed by atoms with Crippen molar-refractivity contribution >= 4 is 0 Å². The van der Waals surface area contributed by atoms with Crippen molar-refractivity contribution in [3.8, 4) is 0 Å². The molecule has 2 rings (SSSR count). The molecule has 0 aliphatic rings. The van der Waals surface area contributed by atoms with Crippen LogP contribution in [0.15, 0.2) is 24.5 Å². The molecule has 1 N–H and O–H groups in total. The van der Waals surface area contributed by atoms with Crippen molar-refractivity contribution in [3.63, 3.8) is 0 Å². The van der Waals surface area contributed by atoms with Crippen LogP contribution in [0.25, 0.3) is 0 Å². The first-order chi connectivity index (χ1) is 10.2. The Hall–Kier alpha value is -1.68. The Kier molecular flexibility index (Phi) is 5.51. The molecule has 114 valence electrons. The van der Waals surface area contributed by atoms with Gasteiger partial charge in [0.05, 0.1) is 5.69 Å². The molecule has 21 heavy (non-hydrogen) atoms. The molecule has 0 saturated heterocycles. The number of rotatable bonds is 7. The van der Waals surface area contributed by atoms with Gasteiger partial charge in [0, 0.05) is 37.6 Å². The highest BCUT2D eigenvalue weighted by atomic mass is 15.3. The van der Waals surface area contributed by atoms with Crippen LogP contribution in [0.1, 0.15) is 48.8 Å². The first-order valence-corrected chi connectivity index (χ1v) is 7.81. The molecule has 0 spiro atoms. The first-order valence-electron chi connectivity index (χ1n) is 7.81. The van der Waals surface area contributed by atoms with Gasteiger partial charge in [-0.15, -0.1) is 0 Å². The second kappa shape index (κ2) is 7.36. The highest BCUT2D eigenvalue weighted by Gasteiger charge is 2.16.